The van der Waals surface area contributed by atoms with Crippen LogP contribution in [-0.4, -0.2) is 40.3 Å². The van der Waals surface area contributed by atoms with Gasteiger partial charge in [0.05, 0.1) is 7.11 Å². The number of hydrogen-bond acceptors (Lipinski definition) is 6. The first kappa shape index (κ1) is 10.9. The van der Waals surface area contributed by atoms with Gasteiger partial charge in [-0.25, -0.2) is 0 Å². The highest BCUT2D eigenvalue weighted by molar-refractivity contribution is 6.28. The van der Waals surface area contributed by atoms with Crippen molar-refractivity contribution in [1.82, 2.24) is 15.0 Å². The Morgan fingerprint density at radius 2 is 2.21 bits per heavy atom. The van der Waals surface area contributed by atoms with Crippen molar-refractivity contribution in [1.29, 1.82) is 0 Å². The number of ether oxygens (including phenoxy) is 1. The van der Waals surface area contributed by atoms with E-state index >= 15 is 0 Å². The second kappa shape index (κ2) is 5.56. The number of aromatic nitrogens is 3. The van der Waals surface area contributed by atoms with Crippen LogP contribution in [0.15, 0.2) is 0 Å². The van der Waals surface area contributed by atoms with Crippen LogP contribution >= 0.6 is 11.6 Å². The Morgan fingerprint density at radius 3 is 2.86 bits per heavy atom. The zero-order valence-electron chi connectivity index (χ0n) is 7.70. The van der Waals surface area contributed by atoms with E-state index in [1.165, 1.54) is 7.11 Å². The van der Waals surface area contributed by atoms with Crippen molar-refractivity contribution < 1.29 is 9.84 Å². The molecule has 0 atom stereocenters. The van der Waals surface area contributed by atoms with E-state index in [2.05, 4.69) is 20.3 Å². The molecule has 0 spiro atoms. The van der Waals surface area contributed by atoms with Crippen LogP contribution in [0.5, 0.6) is 6.01 Å². The van der Waals surface area contributed by atoms with Gasteiger partial charge in [-0.05, 0) is 18.0 Å². The van der Waals surface area contributed by atoms with Gasteiger partial charge in [0.2, 0.25) is 11.2 Å². The summed E-state index contributed by atoms with van der Waals surface area (Å²) in [5.41, 5.74) is 0. The number of nitrogens with one attached hydrogen (secondary N) is 1. The largest absolute Gasteiger partial charge is 0.467 e. The van der Waals surface area contributed by atoms with Crippen molar-refractivity contribution in [3.05, 3.63) is 5.28 Å². The van der Waals surface area contributed by atoms with Crippen molar-refractivity contribution in [3.8, 4) is 6.01 Å². The summed E-state index contributed by atoms with van der Waals surface area (Å²) in [6.45, 7) is 0.683. The van der Waals surface area contributed by atoms with Crippen LogP contribution in [0.4, 0.5) is 5.95 Å². The smallest absolute Gasteiger partial charge is 0.322 e. The average Bonchev–Trinajstić information content (AvgIpc) is 2.17. The number of methoxy groups -OCH3 is 1. The lowest BCUT2D eigenvalue weighted by molar-refractivity contribution is 0.292. The molecule has 0 unspecified atom stereocenters. The van der Waals surface area contributed by atoms with Gasteiger partial charge in [0.1, 0.15) is 0 Å². The second-order valence-corrected chi connectivity index (χ2v) is 2.76. The summed E-state index contributed by atoms with van der Waals surface area (Å²) < 4.78 is 4.81. The number of hydrogen-bond donors (Lipinski definition) is 2. The van der Waals surface area contributed by atoms with Gasteiger partial charge < -0.3 is 15.2 Å². The molecule has 0 amide bonds. The monoisotopic (exact) mass is 218 g/mol. The predicted molar refractivity (Wildman–Crippen MR) is 51.6 cm³/mol. The molecule has 0 bridgehead atoms. The SMILES string of the molecule is COc1nc(Cl)nc(NCCCO)n1. The summed E-state index contributed by atoms with van der Waals surface area (Å²) in [7, 11) is 1.45. The van der Waals surface area contributed by atoms with Crippen LogP contribution in [0.25, 0.3) is 0 Å². The Kier molecular flexibility index (Phi) is 4.34. The Morgan fingerprint density at radius 1 is 1.43 bits per heavy atom. The molecule has 0 saturated heterocycles. The molecule has 0 radical (unpaired) electrons. The maximum Gasteiger partial charge on any atom is 0.322 e. The van der Waals surface area contributed by atoms with E-state index in [1.807, 2.05) is 0 Å². The number of nitrogens with zero attached hydrogens (tertiary/aromatic N) is 3. The summed E-state index contributed by atoms with van der Waals surface area (Å²) in [5.74, 6) is 0.343. The second-order valence-electron chi connectivity index (χ2n) is 2.42. The molecular formula is C7H11ClN4O2. The van der Waals surface area contributed by atoms with Gasteiger partial charge in [-0.3, -0.25) is 0 Å². The zero-order chi connectivity index (χ0) is 10.4. The van der Waals surface area contributed by atoms with Crippen LogP contribution < -0.4 is 10.1 Å². The number of rotatable bonds is 5. The summed E-state index contributed by atoms with van der Waals surface area (Å²) in [6, 6.07) is 0.163. The molecule has 1 heterocycles. The van der Waals surface area contributed by atoms with Gasteiger partial charge >= 0.3 is 6.01 Å². The fraction of sp³-hybridized carbons (Fsp3) is 0.571. The van der Waals surface area contributed by atoms with E-state index in [0.29, 0.717) is 18.9 Å². The lowest BCUT2D eigenvalue weighted by atomic mass is 10.4. The first-order valence-corrected chi connectivity index (χ1v) is 4.44. The van der Waals surface area contributed by atoms with Crippen LogP contribution in [0.2, 0.25) is 5.28 Å². The molecule has 0 aliphatic rings. The van der Waals surface area contributed by atoms with Crippen LogP contribution in [0, 0.1) is 0 Å². The third-order valence-electron chi connectivity index (χ3n) is 1.39. The van der Waals surface area contributed by atoms with Crippen molar-refractivity contribution >= 4 is 17.5 Å². The molecular weight excluding hydrogens is 208 g/mol. The van der Waals surface area contributed by atoms with Crippen molar-refractivity contribution in [3.63, 3.8) is 0 Å². The van der Waals surface area contributed by atoms with Gasteiger partial charge in [0.15, 0.2) is 0 Å². The summed E-state index contributed by atoms with van der Waals surface area (Å²) in [4.78, 5) is 11.4. The molecule has 0 fully saturated rings. The Hall–Kier alpha value is -1.14. The quantitative estimate of drug-likeness (QED) is 0.694. The zero-order valence-corrected chi connectivity index (χ0v) is 8.45. The Balaban J connectivity index is 2.62. The lowest BCUT2D eigenvalue weighted by Crippen LogP contribution is -2.08. The average molecular weight is 219 g/mol. The molecule has 1 aromatic heterocycles. The molecule has 0 aromatic carbocycles. The number of aliphatic hydroxyl groups is 1. The first-order valence-electron chi connectivity index (χ1n) is 4.06. The molecule has 78 valence electrons. The van der Waals surface area contributed by atoms with E-state index in [1.54, 1.807) is 0 Å². The fourth-order valence-corrected chi connectivity index (χ4v) is 0.934. The van der Waals surface area contributed by atoms with Crippen molar-refractivity contribution in [2.75, 3.05) is 25.6 Å². The van der Waals surface area contributed by atoms with Gasteiger partial charge in [-0.1, -0.05) is 0 Å². The van der Waals surface area contributed by atoms with Crippen LogP contribution in [0.1, 0.15) is 6.42 Å². The molecule has 14 heavy (non-hydrogen) atoms. The van der Waals surface area contributed by atoms with Gasteiger partial charge in [0.25, 0.3) is 0 Å². The maximum absolute atomic E-state index is 8.56. The minimum Gasteiger partial charge on any atom is -0.467 e. The predicted octanol–water partition coefficient (Wildman–Crippen LogP) is 0.328. The van der Waals surface area contributed by atoms with Crippen molar-refractivity contribution in [2.45, 2.75) is 6.42 Å². The highest BCUT2D eigenvalue weighted by Crippen LogP contribution is 2.10. The topological polar surface area (TPSA) is 80.2 Å². The standard InChI is InChI=1S/C7H11ClN4O2/c1-14-7-11-5(8)10-6(12-7)9-3-2-4-13/h13H,2-4H2,1H3,(H,9,10,11,12). The van der Waals surface area contributed by atoms with E-state index in [9.17, 15) is 0 Å². The molecule has 0 aliphatic carbocycles. The third kappa shape index (κ3) is 3.31. The highest BCUT2D eigenvalue weighted by Gasteiger charge is 2.03. The number of halogens is 1. The highest BCUT2D eigenvalue weighted by atomic mass is 35.5. The Bertz CT molecular complexity index is 297. The number of anilines is 1. The van der Waals surface area contributed by atoms with Gasteiger partial charge in [0, 0.05) is 13.2 Å². The lowest BCUT2D eigenvalue weighted by Gasteiger charge is -2.04. The molecule has 7 heteroatoms. The van der Waals surface area contributed by atoms with E-state index < -0.39 is 0 Å². The van der Waals surface area contributed by atoms with Gasteiger partial charge in [-0.2, -0.15) is 15.0 Å². The molecule has 0 saturated carbocycles. The third-order valence-corrected chi connectivity index (χ3v) is 1.56. The summed E-state index contributed by atoms with van der Waals surface area (Å²) in [5, 5.41) is 11.5. The molecule has 6 nitrogen and oxygen atoms in total. The Labute approximate surface area is 86.3 Å². The minimum atomic E-state index is 0.0725. The molecule has 1 aromatic rings. The summed E-state index contributed by atoms with van der Waals surface area (Å²) >= 11 is 5.61. The van der Waals surface area contributed by atoms with Crippen LogP contribution in [0.3, 0.4) is 0 Å². The van der Waals surface area contributed by atoms with Crippen molar-refractivity contribution in [2.24, 2.45) is 0 Å². The van der Waals surface area contributed by atoms with Crippen LogP contribution in [-0.2, 0) is 0 Å². The minimum absolute atomic E-state index is 0.0725. The first-order chi connectivity index (χ1) is 6.76. The van der Waals surface area contributed by atoms with E-state index in [4.69, 9.17) is 21.4 Å². The van der Waals surface area contributed by atoms with E-state index in [0.717, 1.165) is 0 Å². The molecule has 0 aliphatic heterocycles. The fourth-order valence-electron chi connectivity index (χ4n) is 0.781. The molecule has 2 N–H and O–H groups in total. The summed E-state index contributed by atoms with van der Waals surface area (Å²) in [6.07, 6.45) is 0.617. The molecule has 1 rings (SSSR count). The maximum atomic E-state index is 8.56. The van der Waals surface area contributed by atoms with Gasteiger partial charge in [-0.15, -0.1) is 0 Å². The van der Waals surface area contributed by atoms with E-state index in [-0.39, 0.29) is 17.9 Å². The normalized spacial score (nSPS) is 9.93. The number of aliphatic hydroxyl groups excluding tert-OH is 1.